The Balaban J connectivity index is 1.83. The molecule has 0 saturated heterocycles. The van der Waals surface area contributed by atoms with Gasteiger partial charge in [-0.3, -0.25) is 4.99 Å². The van der Waals surface area contributed by atoms with Gasteiger partial charge < -0.3 is 4.74 Å². The van der Waals surface area contributed by atoms with Crippen molar-refractivity contribution < 1.29 is 13.2 Å². The zero-order chi connectivity index (χ0) is 18.9. The first-order valence-corrected chi connectivity index (χ1v) is 10.3. The summed E-state index contributed by atoms with van der Waals surface area (Å²) in [6, 6.07) is 20.2. The molecule has 6 heteroatoms. The van der Waals surface area contributed by atoms with Gasteiger partial charge in [-0.25, -0.2) is 12.7 Å². The van der Waals surface area contributed by atoms with Crippen LogP contribution >= 0.6 is 0 Å². The molecule has 0 fully saturated rings. The van der Waals surface area contributed by atoms with Crippen LogP contribution in [0, 0.1) is 0 Å². The Morgan fingerprint density at radius 2 is 1.67 bits per heavy atom. The van der Waals surface area contributed by atoms with Crippen LogP contribution in [0.25, 0.3) is 10.8 Å². The van der Waals surface area contributed by atoms with E-state index in [2.05, 4.69) is 4.99 Å². The van der Waals surface area contributed by atoms with E-state index in [1.54, 1.807) is 12.1 Å². The van der Waals surface area contributed by atoms with Crippen LogP contribution in [0.5, 0.6) is 5.75 Å². The number of benzene rings is 3. The Labute approximate surface area is 159 Å². The standard InChI is InChI=1S/C21H20N2O3S/c1-2-26-19-12-13-20(18-11-7-6-10-17(18)19)27(24,25)23-15-14-22-21(23)16-8-4-3-5-9-16/h3-13H,2,14-15H2,1H3. The number of sulfonamides is 1. The van der Waals surface area contributed by atoms with E-state index < -0.39 is 10.0 Å². The number of nitrogens with zero attached hydrogens (tertiary/aromatic N) is 2. The molecule has 0 spiro atoms. The number of fused-ring (bicyclic) bond motifs is 1. The van der Waals surface area contributed by atoms with E-state index >= 15 is 0 Å². The summed E-state index contributed by atoms with van der Waals surface area (Å²) >= 11 is 0. The molecule has 0 aromatic heterocycles. The molecule has 3 aromatic rings. The van der Waals surface area contributed by atoms with Gasteiger partial charge in [-0.05, 0) is 19.1 Å². The summed E-state index contributed by atoms with van der Waals surface area (Å²) in [5.74, 6) is 1.18. The highest BCUT2D eigenvalue weighted by molar-refractivity contribution is 7.90. The predicted octanol–water partition coefficient (Wildman–Crippen LogP) is 3.69. The Kier molecular flexibility index (Phi) is 4.58. The molecule has 0 N–H and O–H groups in total. The van der Waals surface area contributed by atoms with Gasteiger partial charge in [0.1, 0.15) is 11.6 Å². The zero-order valence-corrected chi connectivity index (χ0v) is 15.8. The number of ether oxygens (including phenoxy) is 1. The van der Waals surface area contributed by atoms with E-state index in [1.807, 2.05) is 61.5 Å². The number of hydrogen-bond acceptors (Lipinski definition) is 4. The summed E-state index contributed by atoms with van der Waals surface area (Å²) in [5.41, 5.74) is 0.800. The van der Waals surface area contributed by atoms with Crippen molar-refractivity contribution in [2.75, 3.05) is 19.7 Å². The van der Waals surface area contributed by atoms with E-state index in [4.69, 9.17) is 4.74 Å². The first-order valence-electron chi connectivity index (χ1n) is 8.90. The molecular weight excluding hydrogens is 360 g/mol. The number of amidine groups is 1. The van der Waals surface area contributed by atoms with E-state index in [-0.39, 0.29) is 4.90 Å². The van der Waals surface area contributed by atoms with Crippen LogP contribution in [0.4, 0.5) is 0 Å². The average Bonchev–Trinajstić information content (AvgIpc) is 3.20. The van der Waals surface area contributed by atoms with Crippen LogP contribution in [0.3, 0.4) is 0 Å². The molecule has 0 radical (unpaired) electrons. The van der Waals surface area contributed by atoms with Crippen LogP contribution in [-0.2, 0) is 10.0 Å². The molecule has 4 rings (SSSR count). The van der Waals surface area contributed by atoms with Crippen LogP contribution in [0.2, 0.25) is 0 Å². The second-order valence-corrected chi connectivity index (χ2v) is 8.02. The maximum atomic E-state index is 13.5. The van der Waals surface area contributed by atoms with E-state index in [9.17, 15) is 8.42 Å². The van der Waals surface area contributed by atoms with Crippen molar-refractivity contribution in [1.82, 2.24) is 4.31 Å². The van der Waals surface area contributed by atoms with E-state index in [0.717, 1.165) is 10.9 Å². The molecule has 0 amide bonds. The molecule has 27 heavy (non-hydrogen) atoms. The van der Waals surface area contributed by atoms with Crippen molar-refractivity contribution >= 4 is 26.6 Å². The van der Waals surface area contributed by atoms with Crippen molar-refractivity contribution in [3.05, 3.63) is 72.3 Å². The second kappa shape index (κ2) is 7.04. The molecule has 0 unspecified atom stereocenters. The monoisotopic (exact) mass is 380 g/mol. The molecule has 5 nitrogen and oxygen atoms in total. The van der Waals surface area contributed by atoms with Gasteiger partial charge in [0.05, 0.1) is 24.6 Å². The van der Waals surface area contributed by atoms with Gasteiger partial charge in [0, 0.05) is 16.3 Å². The highest BCUT2D eigenvalue weighted by Gasteiger charge is 2.32. The second-order valence-electron chi connectivity index (χ2n) is 6.19. The third-order valence-electron chi connectivity index (χ3n) is 4.54. The lowest BCUT2D eigenvalue weighted by atomic mass is 10.1. The van der Waals surface area contributed by atoms with Gasteiger partial charge in [-0.2, -0.15) is 0 Å². The largest absolute Gasteiger partial charge is 0.493 e. The summed E-state index contributed by atoms with van der Waals surface area (Å²) < 4.78 is 34.1. The van der Waals surface area contributed by atoms with Gasteiger partial charge in [0.25, 0.3) is 10.0 Å². The summed E-state index contributed by atoms with van der Waals surface area (Å²) in [7, 11) is -3.75. The average molecular weight is 380 g/mol. The van der Waals surface area contributed by atoms with Crippen molar-refractivity contribution in [3.8, 4) is 5.75 Å². The van der Waals surface area contributed by atoms with Gasteiger partial charge in [0.15, 0.2) is 0 Å². The molecule has 138 valence electrons. The normalized spacial score (nSPS) is 14.4. The van der Waals surface area contributed by atoms with Gasteiger partial charge in [-0.15, -0.1) is 0 Å². The topological polar surface area (TPSA) is 59.0 Å². The molecule has 3 aromatic carbocycles. The van der Waals surface area contributed by atoms with Gasteiger partial charge in [0.2, 0.25) is 0 Å². The van der Waals surface area contributed by atoms with E-state index in [1.165, 1.54) is 4.31 Å². The van der Waals surface area contributed by atoms with Crippen molar-refractivity contribution in [3.63, 3.8) is 0 Å². The first kappa shape index (κ1) is 17.5. The third kappa shape index (κ3) is 3.06. The molecule has 0 bridgehead atoms. The minimum Gasteiger partial charge on any atom is -0.493 e. The Morgan fingerprint density at radius 3 is 2.41 bits per heavy atom. The number of aliphatic imine (C=N–C) groups is 1. The third-order valence-corrected chi connectivity index (χ3v) is 6.39. The Bertz CT molecular complexity index is 1110. The maximum Gasteiger partial charge on any atom is 0.266 e. The predicted molar refractivity (Wildman–Crippen MR) is 107 cm³/mol. The van der Waals surface area contributed by atoms with Crippen LogP contribution in [0.1, 0.15) is 12.5 Å². The van der Waals surface area contributed by atoms with Crippen molar-refractivity contribution in [2.24, 2.45) is 4.99 Å². The lowest BCUT2D eigenvalue weighted by Crippen LogP contribution is -2.35. The minimum absolute atomic E-state index is 0.270. The molecule has 0 aliphatic carbocycles. The van der Waals surface area contributed by atoms with Crippen molar-refractivity contribution in [1.29, 1.82) is 0 Å². The zero-order valence-electron chi connectivity index (χ0n) is 15.0. The smallest absolute Gasteiger partial charge is 0.266 e. The van der Waals surface area contributed by atoms with Crippen LogP contribution in [-0.4, -0.2) is 38.3 Å². The number of rotatable bonds is 5. The quantitative estimate of drug-likeness (QED) is 0.678. The molecule has 0 saturated carbocycles. The molecule has 1 aliphatic rings. The minimum atomic E-state index is -3.75. The molecule has 1 heterocycles. The highest BCUT2D eigenvalue weighted by atomic mass is 32.2. The van der Waals surface area contributed by atoms with Gasteiger partial charge in [-0.1, -0.05) is 54.6 Å². The lowest BCUT2D eigenvalue weighted by molar-refractivity contribution is 0.344. The molecule has 1 aliphatic heterocycles. The summed E-state index contributed by atoms with van der Waals surface area (Å²) in [6.07, 6.45) is 0. The summed E-state index contributed by atoms with van der Waals surface area (Å²) in [4.78, 5) is 4.72. The summed E-state index contributed by atoms with van der Waals surface area (Å²) in [5, 5.41) is 1.44. The van der Waals surface area contributed by atoms with Gasteiger partial charge >= 0.3 is 0 Å². The Morgan fingerprint density at radius 1 is 0.963 bits per heavy atom. The fourth-order valence-electron chi connectivity index (χ4n) is 3.36. The van der Waals surface area contributed by atoms with Crippen molar-refractivity contribution in [2.45, 2.75) is 11.8 Å². The number of hydrogen-bond donors (Lipinski definition) is 0. The highest BCUT2D eigenvalue weighted by Crippen LogP contribution is 2.33. The SMILES string of the molecule is CCOc1ccc(S(=O)(=O)N2CCN=C2c2ccccc2)c2ccccc12. The fraction of sp³-hybridized carbons (Fsp3) is 0.190. The Hall–Kier alpha value is -2.86. The van der Waals surface area contributed by atoms with Crippen LogP contribution in [0.15, 0.2) is 76.6 Å². The lowest BCUT2D eigenvalue weighted by Gasteiger charge is -2.22. The fourth-order valence-corrected chi connectivity index (χ4v) is 5.00. The first-order chi connectivity index (χ1) is 13.1. The van der Waals surface area contributed by atoms with E-state index in [0.29, 0.717) is 36.7 Å². The summed E-state index contributed by atoms with van der Waals surface area (Å²) in [6.45, 7) is 3.23. The maximum absolute atomic E-state index is 13.5. The molecule has 0 atom stereocenters. The van der Waals surface area contributed by atoms with Crippen LogP contribution < -0.4 is 4.74 Å². The molecular formula is C21H20N2O3S.